The number of hydrogen-bond acceptors (Lipinski definition) is 6. The van der Waals surface area contributed by atoms with Gasteiger partial charge in [-0.25, -0.2) is 0 Å². The number of hydrogen-bond donors (Lipinski definition) is 1. The first kappa shape index (κ1) is 20.0. The zero-order valence-electron chi connectivity index (χ0n) is 15.6. The molecule has 0 bridgehead atoms. The topological polar surface area (TPSA) is 101 Å². The number of ether oxygens (including phenoxy) is 3. The number of nitriles is 1. The van der Waals surface area contributed by atoms with Crippen LogP contribution in [0.4, 0.5) is 0 Å². The molecule has 1 aromatic carbocycles. The highest BCUT2D eigenvalue weighted by molar-refractivity contribution is 5.78. The number of pyridine rings is 1. The number of carbonyl (C=O) groups is 1. The Morgan fingerprint density at radius 1 is 1.30 bits per heavy atom. The zero-order chi connectivity index (χ0) is 19.8. The molecule has 0 fully saturated rings. The van der Waals surface area contributed by atoms with Gasteiger partial charge in [-0.1, -0.05) is 12.1 Å². The number of benzene rings is 1. The summed E-state index contributed by atoms with van der Waals surface area (Å²) in [4.78, 5) is 26.2. The Kier molecular flexibility index (Phi) is 7.00. The van der Waals surface area contributed by atoms with Crippen LogP contribution in [0.2, 0.25) is 0 Å². The molecule has 0 saturated carbocycles. The summed E-state index contributed by atoms with van der Waals surface area (Å²) in [6.07, 6.45) is 0.710. The predicted octanol–water partition coefficient (Wildman–Crippen LogP) is 2.95. The molecule has 0 saturated heterocycles. The molecule has 0 atom stereocenters. The Hall–Kier alpha value is -3.27. The maximum absolute atomic E-state index is 12.1. The van der Waals surface area contributed by atoms with E-state index in [0.29, 0.717) is 41.3 Å². The van der Waals surface area contributed by atoms with E-state index in [9.17, 15) is 14.9 Å². The van der Waals surface area contributed by atoms with E-state index in [1.54, 1.807) is 38.1 Å². The van der Waals surface area contributed by atoms with Crippen molar-refractivity contribution in [2.24, 2.45) is 0 Å². The molecule has 0 amide bonds. The van der Waals surface area contributed by atoms with E-state index in [1.165, 1.54) is 7.11 Å². The lowest BCUT2D eigenvalue weighted by Crippen LogP contribution is -2.13. The van der Waals surface area contributed by atoms with E-state index in [0.717, 1.165) is 0 Å². The number of nitrogens with zero attached hydrogens (tertiary/aromatic N) is 1. The van der Waals surface area contributed by atoms with Gasteiger partial charge < -0.3 is 19.2 Å². The second-order valence-electron chi connectivity index (χ2n) is 5.78. The molecule has 7 heteroatoms. The van der Waals surface area contributed by atoms with Crippen LogP contribution in [0.25, 0.3) is 11.1 Å². The van der Waals surface area contributed by atoms with E-state index < -0.39 is 5.56 Å². The van der Waals surface area contributed by atoms with Crippen LogP contribution in [-0.2, 0) is 9.53 Å². The van der Waals surface area contributed by atoms with Gasteiger partial charge >= 0.3 is 5.97 Å². The van der Waals surface area contributed by atoms with Crippen LogP contribution in [0, 0.1) is 18.3 Å². The number of rotatable bonds is 8. The minimum absolute atomic E-state index is 0.00484. The van der Waals surface area contributed by atoms with Crippen LogP contribution in [0.15, 0.2) is 29.1 Å². The standard InChI is InChI=1S/C20H22N2O5/c1-4-26-18(23)9-6-10-27-19-14(7-5-8-17(19)25-3)15-11-13(2)22-20(24)16(15)12-21/h5,7-8,11H,4,6,9-10H2,1-3H3,(H,22,24). The Morgan fingerprint density at radius 3 is 2.74 bits per heavy atom. The van der Waals surface area contributed by atoms with E-state index >= 15 is 0 Å². The van der Waals surface area contributed by atoms with Gasteiger partial charge in [0.1, 0.15) is 11.6 Å². The maximum atomic E-state index is 12.1. The van der Waals surface area contributed by atoms with Gasteiger partial charge in [0, 0.05) is 23.2 Å². The molecule has 0 aliphatic heterocycles. The van der Waals surface area contributed by atoms with Crippen LogP contribution in [0.3, 0.4) is 0 Å². The lowest BCUT2D eigenvalue weighted by molar-refractivity contribution is -0.143. The van der Waals surface area contributed by atoms with Crippen molar-refractivity contribution in [3.05, 3.63) is 45.9 Å². The molecular formula is C20H22N2O5. The van der Waals surface area contributed by atoms with Crippen LogP contribution in [-0.4, -0.2) is 31.3 Å². The number of nitrogens with one attached hydrogen (secondary N) is 1. The first-order valence-electron chi connectivity index (χ1n) is 8.61. The third-order valence-corrected chi connectivity index (χ3v) is 3.85. The number of methoxy groups -OCH3 is 1. The fourth-order valence-corrected chi connectivity index (χ4v) is 2.67. The minimum atomic E-state index is -0.455. The van der Waals surface area contributed by atoms with Crippen molar-refractivity contribution in [3.8, 4) is 28.7 Å². The predicted molar refractivity (Wildman–Crippen MR) is 99.9 cm³/mol. The van der Waals surface area contributed by atoms with Crippen LogP contribution >= 0.6 is 0 Å². The van der Waals surface area contributed by atoms with Gasteiger partial charge in [0.2, 0.25) is 0 Å². The number of H-pyrrole nitrogens is 1. The molecule has 1 aromatic heterocycles. The minimum Gasteiger partial charge on any atom is -0.493 e. The second-order valence-corrected chi connectivity index (χ2v) is 5.78. The summed E-state index contributed by atoms with van der Waals surface area (Å²) in [7, 11) is 1.51. The SMILES string of the molecule is CCOC(=O)CCCOc1c(OC)cccc1-c1cc(C)[nH]c(=O)c1C#N. The summed E-state index contributed by atoms with van der Waals surface area (Å²) in [5, 5.41) is 9.40. The molecule has 1 heterocycles. The third kappa shape index (κ3) is 4.88. The van der Waals surface area contributed by atoms with Crippen molar-refractivity contribution < 1.29 is 19.0 Å². The van der Waals surface area contributed by atoms with Crippen molar-refractivity contribution in [2.45, 2.75) is 26.7 Å². The van der Waals surface area contributed by atoms with E-state index in [1.807, 2.05) is 6.07 Å². The average Bonchev–Trinajstić information content (AvgIpc) is 2.64. The molecule has 0 radical (unpaired) electrons. The Labute approximate surface area is 157 Å². The van der Waals surface area contributed by atoms with Crippen molar-refractivity contribution in [2.75, 3.05) is 20.3 Å². The lowest BCUT2D eigenvalue weighted by Gasteiger charge is -2.16. The number of carbonyl (C=O) groups excluding carboxylic acids is 1. The molecule has 27 heavy (non-hydrogen) atoms. The molecule has 142 valence electrons. The van der Waals surface area contributed by atoms with Crippen LogP contribution < -0.4 is 15.0 Å². The Bertz CT molecular complexity index is 912. The van der Waals surface area contributed by atoms with Crippen LogP contribution in [0.5, 0.6) is 11.5 Å². The van der Waals surface area contributed by atoms with Gasteiger partial charge in [-0.15, -0.1) is 0 Å². The largest absolute Gasteiger partial charge is 0.493 e. The van der Waals surface area contributed by atoms with Gasteiger partial charge in [-0.2, -0.15) is 5.26 Å². The third-order valence-electron chi connectivity index (χ3n) is 3.85. The number of aromatic nitrogens is 1. The van der Waals surface area contributed by atoms with E-state index in [-0.39, 0.29) is 24.6 Å². The molecule has 1 N–H and O–H groups in total. The van der Waals surface area contributed by atoms with Gasteiger partial charge in [0.25, 0.3) is 5.56 Å². The summed E-state index contributed by atoms with van der Waals surface area (Å²) in [5.41, 5.74) is 1.23. The summed E-state index contributed by atoms with van der Waals surface area (Å²) >= 11 is 0. The average molecular weight is 370 g/mol. The fourth-order valence-electron chi connectivity index (χ4n) is 2.67. The first-order valence-corrected chi connectivity index (χ1v) is 8.61. The highest BCUT2D eigenvalue weighted by Gasteiger charge is 2.18. The number of esters is 1. The van der Waals surface area contributed by atoms with Crippen molar-refractivity contribution >= 4 is 5.97 Å². The first-order chi connectivity index (χ1) is 13.0. The lowest BCUT2D eigenvalue weighted by atomic mass is 9.99. The molecule has 0 spiro atoms. The highest BCUT2D eigenvalue weighted by Crippen LogP contribution is 2.39. The van der Waals surface area contributed by atoms with Gasteiger partial charge in [0.15, 0.2) is 11.5 Å². The molecule has 0 aliphatic carbocycles. The summed E-state index contributed by atoms with van der Waals surface area (Å²) in [6.45, 7) is 4.10. The maximum Gasteiger partial charge on any atom is 0.305 e. The van der Waals surface area contributed by atoms with Crippen molar-refractivity contribution in [1.29, 1.82) is 5.26 Å². The smallest absolute Gasteiger partial charge is 0.305 e. The van der Waals surface area contributed by atoms with E-state index in [4.69, 9.17) is 14.2 Å². The fraction of sp³-hybridized carbons (Fsp3) is 0.350. The molecular weight excluding hydrogens is 348 g/mol. The zero-order valence-corrected chi connectivity index (χ0v) is 15.6. The summed E-state index contributed by atoms with van der Waals surface area (Å²) in [6, 6.07) is 8.93. The molecule has 0 unspecified atom stereocenters. The highest BCUT2D eigenvalue weighted by atomic mass is 16.5. The number of para-hydroxylation sites is 1. The second kappa shape index (κ2) is 9.43. The molecule has 2 aromatic rings. The number of aryl methyl sites for hydroxylation is 1. The Balaban J connectivity index is 2.35. The molecule has 0 aliphatic rings. The number of aromatic amines is 1. The summed E-state index contributed by atoms with van der Waals surface area (Å²) < 4.78 is 16.1. The normalized spacial score (nSPS) is 10.1. The Morgan fingerprint density at radius 2 is 2.07 bits per heavy atom. The van der Waals surface area contributed by atoms with Crippen molar-refractivity contribution in [3.63, 3.8) is 0 Å². The molecule has 2 rings (SSSR count). The van der Waals surface area contributed by atoms with Gasteiger partial charge in [-0.3, -0.25) is 9.59 Å². The monoisotopic (exact) mass is 370 g/mol. The van der Waals surface area contributed by atoms with Crippen LogP contribution in [0.1, 0.15) is 31.0 Å². The summed E-state index contributed by atoms with van der Waals surface area (Å²) in [5.74, 6) is 0.620. The quantitative estimate of drug-likeness (QED) is 0.566. The molecule has 7 nitrogen and oxygen atoms in total. The van der Waals surface area contributed by atoms with Gasteiger partial charge in [-0.05, 0) is 32.4 Å². The van der Waals surface area contributed by atoms with Crippen molar-refractivity contribution in [1.82, 2.24) is 4.98 Å². The van der Waals surface area contributed by atoms with Gasteiger partial charge in [0.05, 0.1) is 20.3 Å². The van der Waals surface area contributed by atoms with E-state index in [2.05, 4.69) is 4.98 Å².